The van der Waals surface area contributed by atoms with Crippen molar-refractivity contribution in [2.75, 3.05) is 19.6 Å². The van der Waals surface area contributed by atoms with E-state index in [2.05, 4.69) is 5.32 Å². The highest BCUT2D eigenvalue weighted by Gasteiger charge is 2.33. The molecule has 1 heterocycles. The van der Waals surface area contributed by atoms with Gasteiger partial charge in [-0.25, -0.2) is 12.8 Å². The highest BCUT2D eigenvalue weighted by atomic mass is 32.2. The minimum atomic E-state index is -3.60. The highest BCUT2D eigenvalue weighted by molar-refractivity contribution is 7.89. The number of benzene rings is 1. The van der Waals surface area contributed by atoms with E-state index >= 15 is 0 Å². The first-order chi connectivity index (χ1) is 9.87. The molecule has 0 radical (unpaired) electrons. The SMILES string of the molecule is CCN(C1CCCNC1)S(=O)(=O)c1c(C)cc(F)cc1C. The lowest BCUT2D eigenvalue weighted by Gasteiger charge is -2.33. The number of aryl methyl sites for hydroxylation is 2. The molecule has 0 spiro atoms. The monoisotopic (exact) mass is 314 g/mol. The van der Waals surface area contributed by atoms with Crippen LogP contribution in [0.15, 0.2) is 17.0 Å². The average Bonchev–Trinajstić information content (AvgIpc) is 2.38. The molecule has 1 atom stereocenters. The van der Waals surface area contributed by atoms with E-state index in [1.165, 1.54) is 12.1 Å². The van der Waals surface area contributed by atoms with Gasteiger partial charge in [-0.05, 0) is 56.5 Å². The van der Waals surface area contributed by atoms with Gasteiger partial charge in [0.25, 0.3) is 0 Å². The molecule has 1 unspecified atom stereocenters. The van der Waals surface area contributed by atoms with E-state index in [0.29, 0.717) is 24.2 Å². The molecule has 0 saturated carbocycles. The van der Waals surface area contributed by atoms with Crippen LogP contribution in [0.25, 0.3) is 0 Å². The first kappa shape index (κ1) is 16.4. The van der Waals surface area contributed by atoms with Gasteiger partial charge in [0.1, 0.15) is 5.82 Å². The largest absolute Gasteiger partial charge is 0.315 e. The molecule has 4 nitrogen and oxygen atoms in total. The third kappa shape index (κ3) is 3.27. The van der Waals surface area contributed by atoms with Crippen LogP contribution in [0.4, 0.5) is 4.39 Å². The molecule has 1 N–H and O–H groups in total. The number of nitrogens with one attached hydrogen (secondary N) is 1. The fourth-order valence-corrected chi connectivity index (χ4v) is 5.20. The zero-order valence-electron chi connectivity index (χ0n) is 12.8. The molecule has 21 heavy (non-hydrogen) atoms. The summed E-state index contributed by atoms with van der Waals surface area (Å²) in [5, 5.41) is 3.25. The Labute approximate surface area is 126 Å². The van der Waals surface area contributed by atoms with Crippen molar-refractivity contribution in [3.8, 4) is 0 Å². The molecule has 1 aliphatic heterocycles. The second-order valence-electron chi connectivity index (χ2n) is 5.58. The van der Waals surface area contributed by atoms with E-state index in [0.717, 1.165) is 19.4 Å². The molecule has 0 amide bonds. The number of piperidine rings is 1. The quantitative estimate of drug-likeness (QED) is 0.927. The van der Waals surface area contributed by atoms with E-state index in [4.69, 9.17) is 0 Å². The zero-order valence-corrected chi connectivity index (χ0v) is 13.6. The van der Waals surface area contributed by atoms with Crippen LogP contribution in [-0.2, 0) is 10.0 Å². The van der Waals surface area contributed by atoms with Crippen molar-refractivity contribution in [1.82, 2.24) is 9.62 Å². The van der Waals surface area contributed by atoms with Gasteiger partial charge in [-0.1, -0.05) is 6.92 Å². The fraction of sp³-hybridized carbons (Fsp3) is 0.600. The Balaban J connectivity index is 2.44. The Morgan fingerprint density at radius 2 is 1.95 bits per heavy atom. The minimum absolute atomic E-state index is 0.0300. The topological polar surface area (TPSA) is 49.4 Å². The molecule has 1 saturated heterocycles. The van der Waals surface area contributed by atoms with Crippen molar-refractivity contribution in [3.05, 3.63) is 29.1 Å². The van der Waals surface area contributed by atoms with Gasteiger partial charge in [-0.3, -0.25) is 0 Å². The molecule has 0 bridgehead atoms. The molecular formula is C15H23FN2O2S. The second-order valence-corrected chi connectivity index (χ2v) is 7.40. The van der Waals surface area contributed by atoms with Gasteiger partial charge < -0.3 is 5.32 Å². The van der Waals surface area contributed by atoms with Crippen molar-refractivity contribution in [2.24, 2.45) is 0 Å². The van der Waals surface area contributed by atoms with Crippen LogP contribution in [0.1, 0.15) is 30.9 Å². The van der Waals surface area contributed by atoms with Crippen molar-refractivity contribution < 1.29 is 12.8 Å². The van der Waals surface area contributed by atoms with Gasteiger partial charge in [-0.2, -0.15) is 4.31 Å². The van der Waals surface area contributed by atoms with Crippen molar-refractivity contribution in [3.63, 3.8) is 0 Å². The van der Waals surface area contributed by atoms with Crippen LogP contribution >= 0.6 is 0 Å². The summed E-state index contributed by atoms with van der Waals surface area (Å²) in [6.07, 6.45) is 1.83. The van der Waals surface area contributed by atoms with Crippen LogP contribution in [0.2, 0.25) is 0 Å². The lowest BCUT2D eigenvalue weighted by molar-refractivity contribution is 0.274. The molecule has 2 rings (SSSR count). The van der Waals surface area contributed by atoms with Crippen LogP contribution < -0.4 is 5.32 Å². The Morgan fingerprint density at radius 3 is 2.43 bits per heavy atom. The van der Waals surface area contributed by atoms with Gasteiger partial charge in [0.15, 0.2) is 0 Å². The Morgan fingerprint density at radius 1 is 1.33 bits per heavy atom. The van der Waals surface area contributed by atoms with Gasteiger partial charge in [0.2, 0.25) is 10.0 Å². The summed E-state index contributed by atoms with van der Waals surface area (Å²) in [5.41, 5.74) is 0.935. The number of likely N-dealkylation sites (N-methyl/N-ethyl adjacent to an activating group) is 1. The summed E-state index contributed by atoms with van der Waals surface area (Å²) >= 11 is 0. The van der Waals surface area contributed by atoms with E-state index in [1.807, 2.05) is 6.92 Å². The van der Waals surface area contributed by atoms with E-state index in [-0.39, 0.29) is 10.9 Å². The van der Waals surface area contributed by atoms with E-state index in [1.54, 1.807) is 18.2 Å². The molecular weight excluding hydrogens is 291 g/mol. The Hall–Kier alpha value is -0.980. The molecule has 1 aromatic rings. The Bertz CT molecular complexity index is 587. The van der Waals surface area contributed by atoms with Crippen molar-refractivity contribution >= 4 is 10.0 Å². The number of rotatable bonds is 4. The van der Waals surface area contributed by atoms with Crippen LogP contribution in [0.3, 0.4) is 0 Å². The summed E-state index contributed by atoms with van der Waals surface area (Å²) in [4.78, 5) is 0.247. The molecule has 0 aromatic heterocycles. The lowest BCUT2D eigenvalue weighted by atomic mass is 10.1. The normalized spacial score (nSPS) is 20.0. The van der Waals surface area contributed by atoms with Gasteiger partial charge in [0, 0.05) is 19.1 Å². The predicted molar refractivity (Wildman–Crippen MR) is 81.3 cm³/mol. The Kier molecular flexibility index (Phi) is 5.01. The first-order valence-electron chi connectivity index (χ1n) is 7.37. The third-order valence-corrected chi connectivity index (χ3v) is 6.32. The maximum absolute atomic E-state index is 13.4. The standard InChI is InChI=1S/C15H23FN2O2S/c1-4-18(14-6-5-7-17-10-14)21(19,20)15-11(2)8-13(16)9-12(15)3/h8-9,14,17H,4-7,10H2,1-3H3. The molecule has 0 aliphatic carbocycles. The molecule has 6 heteroatoms. The molecule has 118 valence electrons. The number of nitrogens with zero attached hydrogens (tertiary/aromatic N) is 1. The van der Waals surface area contributed by atoms with Crippen molar-refractivity contribution in [1.29, 1.82) is 0 Å². The minimum Gasteiger partial charge on any atom is -0.315 e. The first-order valence-corrected chi connectivity index (χ1v) is 8.81. The van der Waals surface area contributed by atoms with Gasteiger partial charge >= 0.3 is 0 Å². The summed E-state index contributed by atoms with van der Waals surface area (Å²) in [7, 11) is -3.60. The summed E-state index contributed by atoms with van der Waals surface area (Å²) in [6.45, 7) is 7.17. The number of hydrogen-bond donors (Lipinski definition) is 1. The summed E-state index contributed by atoms with van der Waals surface area (Å²) < 4.78 is 40.9. The fourth-order valence-electron chi connectivity index (χ4n) is 3.13. The highest BCUT2D eigenvalue weighted by Crippen LogP contribution is 2.27. The molecule has 1 aromatic carbocycles. The maximum Gasteiger partial charge on any atom is 0.243 e. The predicted octanol–water partition coefficient (Wildman–Crippen LogP) is 2.21. The van der Waals surface area contributed by atoms with Crippen LogP contribution in [0, 0.1) is 19.7 Å². The second kappa shape index (κ2) is 6.42. The smallest absolute Gasteiger partial charge is 0.243 e. The summed E-state index contributed by atoms with van der Waals surface area (Å²) in [6, 6.07) is 2.54. The van der Waals surface area contributed by atoms with E-state index < -0.39 is 15.8 Å². The third-order valence-electron chi connectivity index (χ3n) is 3.98. The number of halogens is 1. The molecule has 1 aliphatic rings. The van der Waals surface area contributed by atoms with Crippen molar-refractivity contribution in [2.45, 2.75) is 44.6 Å². The van der Waals surface area contributed by atoms with Crippen LogP contribution in [-0.4, -0.2) is 38.4 Å². The lowest BCUT2D eigenvalue weighted by Crippen LogP contribution is -2.48. The number of sulfonamides is 1. The van der Waals surface area contributed by atoms with E-state index in [9.17, 15) is 12.8 Å². The van der Waals surface area contributed by atoms with Gasteiger partial charge in [0.05, 0.1) is 4.90 Å². The maximum atomic E-state index is 13.4. The van der Waals surface area contributed by atoms with Gasteiger partial charge in [-0.15, -0.1) is 0 Å². The molecule has 1 fully saturated rings. The average molecular weight is 314 g/mol. The van der Waals surface area contributed by atoms with Crippen LogP contribution in [0.5, 0.6) is 0 Å². The number of hydrogen-bond acceptors (Lipinski definition) is 3. The zero-order chi connectivity index (χ0) is 15.6. The summed E-state index contributed by atoms with van der Waals surface area (Å²) in [5.74, 6) is -0.397.